The Balaban J connectivity index is 0.00000196. The zero-order valence-corrected chi connectivity index (χ0v) is 16.1. The van der Waals surface area contributed by atoms with Crippen LogP contribution in [0.3, 0.4) is 0 Å². The second-order valence-corrected chi connectivity index (χ2v) is 7.42. The molecule has 1 fully saturated rings. The Morgan fingerprint density at radius 3 is 2.73 bits per heavy atom. The number of rotatable bonds is 5. The van der Waals surface area contributed by atoms with Crippen molar-refractivity contribution in [3.8, 4) is 0 Å². The second-order valence-electron chi connectivity index (χ2n) is 6.39. The van der Waals surface area contributed by atoms with Crippen LogP contribution in [0.15, 0.2) is 30.0 Å². The predicted molar refractivity (Wildman–Crippen MR) is 108 cm³/mol. The average molecular weight is 395 g/mol. The van der Waals surface area contributed by atoms with E-state index in [0.717, 1.165) is 61.0 Å². The van der Waals surface area contributed by atoms with Gasteiger partial charge < -0.3 is 14.7 Å². The molecule has 140 valence electrons. The largest absolute Gasteiger partial charge is 0.510 e. The summed E-state index contributed by atoms with van der Waals surface area (Å²) >= 11 is 1.53. The van der Waals surface area contributed by atoms with Crippen molar-refractivity contribution < 1.29 is 9.84 Å². The monoisotopic (exact) mass is 394 g/mol. The molecule has 6 nitrogen and oxygen atoms in total. The molecule has 4 rings (SSSR count). The number of benzene rings is 1. The van der Waals surface area contributed by atoms with Crippen molar-refractivity contribution in [2.45, 2.75) is 6.42 Å². The van der Waals surface area contributed by atoms with Crippen LogP contribution in [0.1, 0.15) is 11.4 Å². The number of hydrogen-bond acceptors (Lipinski definition) is 6. The molecule has 2 N–H and O–H groups in total. The average Bonchev–Trinajstić information content (AvgIpc) is 3.16. The number of thiazole rings is 1. The summed E-state index contributed by atoms with van der Waals surface area (Å²) in [5.74, 6) is 0.647. The number of nitrogens with zero attached hydrogens (tertiary/aromatic N) is 3. The minimum absolute atomic E-state index is 0. The van der Waals surface area contributed by atoms with E-state index >= 15 is 0 Å². The van der Waals surface area contributed by atoms with Crippen molar-refractivity contribution in [1.29, 1.82) is 5.41 Å². The van der Waals surface area contributed by atoms with E-state index in [1.807, 2.05) is 29.2 Å². The highest BCUT2D eigenvalue weighted by Gasteiger charge is 2.30. The van der Waals surface area contributed by atoms with E-state index in [1.54, 1.807) is 0 Å². The Labute approximate surface area is 163 Å². The number of ether oxygens (including phenoxy) is 1. The molecular formula is C18H23ClN4O2S. The number of morpholine rings is 1. The Bertz CT molecular complexity index is 783. The fourth-order valence-corrected chi connectivity index (χ4v) is 4.37. The highest BCUT2D eigenvalue weighted by Crippen LogP contribution is 2.33. The molecule has 1 aromatic heterocycles. The molecule has 0 saturated carbocycles. The summed E-state index contributed by atoms with van der Waals surface area (Å²) in [4.78, 5) is 8.93. The minimum Gasteiger partial charge on any atom is -0.510 e. The number of fused-ring (bicyclic) bond motifs is 1. The van der Waals surface area contributed by atoms with Crippen LogP contribution in [0.2, 0.25) is 0 Å². The minimum atomic E-state index is 0. The first-order chi connectivity index (χ1) is 12.2. The predicted octanol–water partition coefficient (Wildman–Crippen LogP) is 3.00. The summed E-state index contributed by atoms with van der Waals surface area (Å²) in [6.45, 7) is 5.77. The Morgan fingerprint density at radius 2 is 1.96 bits per heavy atom. The molecule has 2 aliphatic rings. The summed E-state index contributed by atoms with van der Waals surface area (Å²) < 4.78 is 6.45. The number of amidine groups is 1. The van der Waals surface area contributed by atoms with E-state index in [2.05, 4.69) is 9.88 Å². The van der Waals surface area contributed by atoms with Crippen molar-refractivity contribution in [1.82, 2.24) is 14.8 Å². The van der Waals surface area contributed by atoms with Gasteiger partial charge in [-0.2, -0.15) is 0 Å². The molecule has 0 aliphatic carbocycles. The van der Waals surface area contributed by atoms with Gasteiger partial charge >= 0.3 is 0 Å². The third-order valence-electron chi connectivity index (χ3n) is 4.70. The first kappa shape index (κ1) is 19.1. The summed E-state index contributed by atoms with van der Waals surface area (Å²) in [5, 5.41) is 19.6. The lowest BCUT2D eigenvalue weighted by atomic mass is 10.2. The smallest absolute Gasteiger partial charge is 0.135 e. The van der Waals surface area contributed by atoms with Gasteiger partial charge in [0.1, 0.15) is 16.6 Å². The number of aromatic nitrogens is 1. The highest BCUT2D eigenvalue weighted by molar-refractivity contribution is 7.19. The van der Waals surface area contributed by atoms with E-state index in [1.165, 1.54) is 11.3 Å². The van der Waals surface area contributed by atoms with Crippen molar-refractivity contribution in [2.24, 2.45) is 0 Å². The Hall–Kier alpha value is -1.67. The van der Waals surface area contributed by atoms with Crippen molar-refractivity contribution in [3.63, 3.8) is 0 Å². The van der Waals surface area contributed by atoms with E-state index in [9.17, 15) is 5.11 Å². The molecular weight excluding hydrogens is 372 g/mol. The van der Waals surface area contributed by atoms with Crippen LogP contribution < -0.4 is 0 Å². The van der Waals surface area contributed by atoms with Crippen LogP contribution in [0.25, 0.3) is 15.8 Å². The van der Waals surface area contributed by atoms with Gasteiger partial charge in [-0.25, -0.2) is 4.98 Å². The third-order valence-corrected chi connectivity index (χ3v) is 5.75. The van der Waals surface area contributed by atoms with Gasteiger partial charge in [-0.05, 0) is 18.6 Å². The fourth-order valence-electron chi connectivity index (χ4n) is 3.34. The Morgan fingerprint density at radius 1 is 1.19 bits per heavy atom. The zero-order valence-electron chi connectivity index (χ0n) is 14.5. The van der Waals surface area contributed by atoms with Crippen molar-refractivity contribution >= 4 is 45.4 Å². The normalized spacial score (nSPS) is 18.6. The summed E-state index contributed by atoms with van der Waals surface area (Å²) in [5.41, 5.74) is 1.51. The molecule has 2 aliphatic heterocycles. The number of aliphatic hydroxyl groups excluding tert-OH is 1. The molecule has 0 spiro atoms. The summed E-state index contributed by atoms with van der Waals surface area (Å²) in [6, 6.07) is 7.92. The summed E-state index contributed by atoms with van der Waals surface area (Å²) in [7, 11) is 0. The molecule has 1 aromatic carbocycles. The summed E-state index contributed by atoms with van der Waals surface area (Å²) in [6.07, 6.45) is 0.975. The molecule has 0 unspecified atom stereocenters. The molecule has 1 saturated heterocycles. The molecule has 0 radical (unpaired) electrons. The molecule has 3 heterocycles. The maximum absolute atomic E-state index is 10.4. The first-order valence-corrected chi connectivity index (χ1v) is 9.46. The Kier molecular flexibility index (Phi) is 6.13. The standard InChI is InChI=1S/C18H22N4O2S.ClH/c19-17-16(18-20-13-4-1-2-5-15(13)25-18)14(23)12-22(17)7-3-6-21-8-10-24-11-9-21;/h1-2,4-5,19,23H,3,6-12H2;1H. The fraction of sp³-hybridized carbons (Fsp3) is 0.444. The van der Waals surface area contributed by atoms with Crippen LogP contribution in [-0.4, -0.2) is 71.7 Å². The van der Waals surface area contributed by atoms with E-state index < -0.39 is 0 Å². The molecule has 0 amide bonds. The number of halogens is 1. The quantitative estimate of drug-likeness (QED) is 0.815. The lowest BCUT2D eigenvalue weighted by Gasteiger charge is -2.27. The van der Waals surface area contributed by atoms with E-state index in [0.29, 0.717) is 18.0 Å². The van der Waals surface area contributed by atoms with Gasteiger partial charge in [-0.15, -0.1) is 23.7 Å². The van der Waals surface area contributed by atoms with Crippen molar-refractivity contribution in [2.75, 3.05) is 45.9 Å². The lowest BCUT2D eigenvalue weighted by Crippen LogP contribution is -2.38. The van der Waals surface area contributed by atoms with Gasteiger partial charge in [0.15, 0.2) is 0 Å². The molecule has 0 bridgehead atoms. The van der Waals surface area contributed by atoms with Gasteiger partial charge in [-0.3, -0.25) is 10.3 Å². The number of para-hydroxylation sites is 1. The van der Waals surface area contributed by atoms with Crippen LogP contribution in [0.4, 0.5) is 0 Å². The topological polar surface area (TPSA) is 72.7 Å². The number of aliphatic hydroxyl groups is 1. The molecule has 8 heteroatoms. The molecule has 2 aromatic rings. The SMILES string of the molecule is Cl.N=C1C(c2nc3ccccc3s2)=C(O)CN1CCCN1CCOCC1. The van der Waals surface area contributed by atoms with Crippen molar-refractivity contribution in [3.05, 3.63) is 35.0 Å². The molecule has 0 atom stereocenters. The van der Waals surface area contributed by atoms with Crippen LogP contribution in [0.5, 0.6) is 0 Å². The number of nitrogens with one attached hydrogen (secondary N) is 1. The maximum atomic E-state index is 10.4. The van der Waals surface area contributed by atoms with Gasteiger partial charge in [-0.1, -0.05) is 12.1 Å². The van der Waals surface area contributed by atoms with Gasteiger partial charge in [0.05, 0.1) is 35.5 Å². The zero-order chi connectivity index (χ0) is 17.2. The maximum Gasteiger partial charge on any atom is 0.135 e. The first-order valence-electron chi connectivity index (χ1n) is 8.64. The van der Waals surface area contributed by atoms with Gasteiger partial charge in [0, 0.05) is 26.2 Å². The van der Waals surface area contributed by atoms with Crippen LogP contribution >= 0.6 is 23.7 Å². The highest BCUT2D eigenvalue weighted by atomic mass is 35.5. The molecule has 26 heavy (non-hydrogen) atoms. The lowest BCUT2D eigenvalue weighted by molar-refractivity contribution is 0.0368. The van der Waals surface area contributed by atoms with Gasteiger partial charge in [0.2, 0.25) is 0 Å². The second kappa shape index (κ2) is 8.35. The number of hydrogen-bond donors (Lipinski definition) is 2. The van der Waals surface area contributed by atoms with E-state index in [-0.39, 0.29) is 18.2 Å². The van der Waals surface area contributed by atoms with Crippen LogP contribution in [0, 0.1) is 5.41 Å². The van der Waals surface area contributed by atoms with E-state index in [4.69, 9.17) is 10.1 Å². The van der Waals surface area contributed by atoms with Crippen LogP contribution in [-0.2, 0) is 4.74 Å². The third kappa shape index (κ3) is 3.86. The van der Waals surface area contributed by atoms with Gasteiger partial charge in [0.25, 0.3) is 0 Å².